The molecule has 2 N–H and O–H groups in total. The first kappa shape index (κ1) is 11.0. The molecule has 0 fully saturated rings. The number of hydrogen-bond donors (Lipinski definition) is 1. The van der Waals surface area contributed by atoms with Crippen molar-refractivity contribution in [2.75, 3.05) is 0 Å². The van der Waals surface area contributed by atoms with Crippen LogP contribution in [0.4, 0.5) is 0 Å². The van der Waals surface area contributed by atoms with Crippen molar-refractivity contribution in [1.29, 1.82) is 0 Å². The molecule has 0 aromatic carbocycles. The van der Waals surface area contributed by atoms with Crippen LogP contribution in [-0.4, -0.2) is 15.9 Å². The fourth-order valence-corrected chi connectivity index (χ4v) is 1.74. The lowest BCUT2D eigenvalue weighted by Crippen LogP contribution is -2.14. The van der Waals surface area contributed by atoms with E-state index in [1.165, 1.54) is 0 Å². The van der Waals surface area contributed by atoms with Gasteiger partial charge in [-0.3, -0.25) is 4.79 Å². The number of halogens is 1. The van der Waals surface area contributed by atoms with Gasteiger partial charge in [-0.25, -0.2) is 9.97 Å². The lowest BCUT2D eigenvalue weighted by molar-refractivity contribution is -0.117. The van der Waals surface area contributed by atoms with Crippen molar-refractivity contribution in [3.63, 3.8) is 0 Å². The number of carbonyl (C=O) groups excluding carboxylic acids is 1. The summed E-state index contributed by atoms with van der Waals surface area (Å²) in [7, 11) is 0. The van der Waals surface area contributed by atoms with Crippen molar-refractivity contribution in [2.24, 2.45) is 5.73 Å². The number of carbonyl (C=O) groups is 1. The topological polar surface area (TPSA) is 68.9 Å². The maximum absolute atomic E-state index is 10.8. The van der Waals surface area contributed by atoms with Gasteiger partial charge in [0.05, 0.1) is 17.8 Å². The fraction of sp³-hybridized carbons (Fsp3) is 0.182. The van der Waals surface area contributed by atoms with E-state index in [0.29, 0.717) is 16.7 Å². The Bertz CT molecular complexity index is 542. The van der Waals surface area contributed by atoms with E-state index in [2.05, 4.69) is 25.9 Å². The summed E-state index contributed by atoms with van der Waals surface area (Å²) in [5.74, 6) is -0.386. The molecule has 0 unspecified atom stereocenters. The average Bonchev–Trinajstić information content (AvgIpc) is 2.27. The second-order valence-corrected chi connectivity index (χ2v) is 3.99. The zero-order valence-corrected chi connectivity index (χ0v) is 10.1. The van der Waals surface area contributed by atoms with E-state index in [4.69, 9.17) is 5.73 Å². The maximum atomic E-state index is 10.8. The number of primary amides is 1. The highest BCUT2D eigenvalue weighted by molar-refractivity contribution is 9.08. The molecular formula is C11H10BrN3O. The normalized spacial score (nSPS) is 10.6. The third-order valence-corrected chi connectivity index (χ3v) is 2.73. The quantitative estimate of drug-likeness (QED) is 0.867. The number of hydrogen-bond acceptors (Lipinski definition) is 3. The van der Waals surface area contributed by atoms with E-state index < -0.39 is 0 Å². The Morgan fingerprint density at radius 1 is 1.19 bits per heavy atom. The number of fused-ring (bicyclic) bond motifs is 1. The lowest BCUT2D eigenvalue weighted by atomic mass is 10.2. The van der Waals surface area contributed by atoms with Gasteiger partial charge < -0.3 is 5.73 Å². The van der Waals surface area contributed by atoms with Crippen LogP contribution >= 0.6 is 15.9 Å². The Labute approximate surface area is 101 Å². The van der Waals surface area contributed by atoms with E-state index in [-0.39, 0.29) is 12.3 Å². The Morgan fingerprint density at radius 3 is 2.44 bits per heavy atom. The molecule has 5 heteroatoms. The van der Waals surface area contributed by atoms with Crippen LogP contribution in [0, 0.1) is 0 Å². The van der Waals surface area contributed by atoms with E-state index in [1.807, 2.05) is 18.2 Å². The van der Waals surface area contributed by atoms with Crippen molar-refractivity contribution >= 4 is 32.9 Å². The molecule has 0 aliphatic heterocycles. The minimum Gasteiger partial charge on any atom is -0.369 e. The molecule has 82 valence electrons. The molecule has 1 amide bonds. The maximum Gasteiger partial charge on any atom is 0.223 e. The molecule has 2 heterocycles. The Balaban J connectivity index is 2.46. The number of rotatable bonds is 3. The summed E-state index contributed by atoms with van der Waals surface area (Å²) < 4.78 is 0. The van der Waals surface area contributed by atoms with Crippen LogP contribution in [0.15, 0.2) is 24.3 Å². The van der Waals surface area contributed by atoms with Crippen LogP contribution in [0.5, 0.6) is 0 Å². The molecule has 2 aromatic heterocycles. The number of alkyl halides is 1. The highest BCUT2D eigenvalue weighted by Gasteiger charge is 2.03. The molecule has 4 nitrogen and oxygen atoms in total. The van der Waals surface area contributed by atoms with Crippen molar-refractivity contribution < 1.29 is 4.79 Å². The lowest BCUT2D eigenvalue weighted by Gasteiger charge is -2.01. The molecular weight excluding hydrogens is 270 g/mol. The Kier molecular flexibility index (Phi) is 3.14. The van der Waals surface area contributed by atoms with Gasteiger partial charge in [0.2, 0.25) is 5.91 Å². The number of nitrogens with two attached hydrogens (primary N) is 1. The van der Waals surface area contributed by atoms with Crippen LogP contribution in [0.3, 0.4) is 0 Å². The highest BCUT2D eigenvalue weighted by Crippen LogP contribution is 2.13. The molecule has 0 saturated heterocycles. The third kappa shape index (κ3) is 2.36. The van der Waals surface area contributed by atoms with Crippen LogP contribution in [0.2, 0.25) is 0 Å². The number of amides is 1. The van der Waals surface area contributed by atoms with Gasteiger partial charge in [0.15, 0.2) is 5.65 Å². The first-order valence-corrected chi connectivity index (χ1v) is 5.91. The van der Waals surface area contributed by atoms with Gasteiger partial charge in [0, 0.05) is 10.7 Å². The van der Waals surface area contributed by atoms with Crippen molar-refractivity contribution in [3.05, 3.63) is 35.7 Å². The van der Waals surface area contributed by atoms with Gasteiger partial charge in [0.25, 0.3) is 0 Å². The van der Waals surface area contributed by atoms with Crippen LogP contribution in [0.1, 0.15) is 11.4 Å². The predicted molar refractivity (Wildman–Crippen MR) is 65.1 cm³/mol. The molecule has 0 aliphatic carbocycles. The number of pyridine rings is 2. The zero-order chi connectivity index (χ0) is 11.5. The van der Waals surface area contributed by atoms with Gasteiger partial charge in [0.1, 0.15) is 0 Å². The number of nitrogens with zero attached hydrogens (tertiary/aromatic N) is 2. The Hall–Kier alpha value is -1.49. The van der Waals surface area contributed by atoms with Gasteiger partial charge in [-0.05, 0) is 24.3 Å². The predicted octanol–water partition coefficient (Wildman–Crippen LogP) is 1.55. The first-order valence-electron chi connectivity index (χ1n) is 4.79. The zero-order valence-electron chi connectivity index (χ0n) is 8.48. The highest BCUT2D eigenvalue weighted by atomic mass is 79.9. The molecule has 0 bridgehead atoms. The fourth-order valence-electron chi connectivity index (χ4n) is 1.43. The monoisotopic (exact) mass is 279 g/mol. The molecule has 2 rings (SSSR count). The average molecular weight is 280 g/mol. The summed E-state index contributed by atoms with van der Waals surface area (Å²) in [5, 5.41) is 1.64. The summed E-state index contributed by atoms with van der Waals surface area (Å²) in [6, 6.07) is 7.58. The van der Waals surface area contributed by atoms with Crippen LogP contribution < -0.4 is 5.73 Å². The Morgan fingerprint density at radius 2 is 1.81 bits per heavy atom. The van der Waals surface area contributed by atoms with E-state index in [0.717, 1.165) is 11.1 Å². The van der Waals surface area contributed by atoms with E-state index in [1.54, 1.807) is 6.07 Å². The van der Waals surface area contributed by atoms with Gasteiger partial charge >= 0.3 is 0 Å². The molecule has 2 aromatic rings. The minimum atomic E-state index is -0.386. The summed E-state index contributed by atoms with van der Waals surface area (Å²) >= 11 is 3.34. The van der Waals surface area contributed by atoms with E-state index in [9.17, 15) is 4.79 Å². The second kappa shape index (κ2) is 4.57. The molecule has 0 radical (unpaired) electrons. The molecule has 0 saturated carbocycles. The van der Waals surface area contributed by atoms with Gasteiger partial charge in [-0.15, -0.1) is 0 Å². The minimum absolute atomic E-state index is 0.149. The summed E-state index contributed by atoms with van der Waals surface area (Å²) in [4.78, 5) is 19.4. The third-order valence-electron chi connectivity index (χ3n) is 2.16. The smallest absolute Gasteiger partial charge is 0.223 e. The summed E-state index contributed by atoms with van der Waals surface area (Å²) in [6.45, 7) is 0. The van der Waals surface area contributed by atoms with Gasteiger partial charge in [-0.1, -0.05) is 15.9 Å². The summed E-state index contributed by atoms with van der Waals surface area (Å²) in [5.41, 5.74) is 7.33. The van der Waals surface area contributed by atoms with Crippen molar-refractivity contribution in [2.45, 2.75) is 11.8 Å². The first-order chi connectivity index (χ1) is 7.69. The SMILES string of the molecule is NC(=O)Cc1ccc2ccc(CBr)nc2n1. The molecule has 0 spiro atoms. The van der Waals surface area contributed by atoms with Crippen LogP contribution in [0.25, 0.3) is 11.0 Å². The van der Waals surface area contributed by atoms with Gasteiger partial charge in [-0.2, -0.15) is 0 Å². The molecule has 0 aliphatic rings. The summed E-state index contributed by atoms with van der Waals surface area (Å²) in [6.07, 6.45) is 0.149. The molecule has 16 heavy (non-hydrogen) atoms. The second-order valence-electron chi connectivity index (χ2n) is 3.43. The molecule has 0 atom stereocenters. The largest absolute Gasteiger partial charge is 0.369 e. The van der Waals surface area contributed by atoms with E-state index >= 15 is 0 Å². The van der Waals surface area contributed by atoms with Crippen LogP contribution in [-0.2, 0) is 16.5 Å². The standard InChI is InChI=1S/C11H10BrN3O/c12-6-9-4-2-7-1-3-8(5-10(13)16)14-11(7)15-9/h1-4H,5-6H2,(H2,13,16). The van der Waals surface area contributed by atoms with Crippen molar-refractivity contribution in [1.82, 2.24) is 9.97 Å². The van der Waals surface area contributed by atoms with Crippen molar-refractivity contribution in [3.8, 4) is 0 Å². The number of aromatic nitrogens is 2.